The molecule has 6 nitrogen and oxygen atoms in total. The van der Waals surface area contributed by atoms with Crippen LogP contribution in [0.2, 0.25) is 0 Å². The van der Waals surface area contributed by atoms with Gasteiger partial charge < -0.3 is 24.4 Å². The maximum Gasteiger partial charge on any atom is 0.212 e. The highest BCUT2D eigenvalue weighted by atomic mass is 16.5. The van der Waals surface area contributed by atoms with Crippen molar-refractivity contribution in [3.63, 3.8) is 0 Å². The molecule has 2 atom stereocenters. The number of aliphatic hydroxyl groups is 1. The molecule has 0 saturated heterocycles. The van der Waals surface area contributed by atoms with E-state index in [1.165, 1.54) is 20.4 Å². The van der Waals surface area contributed by atoms with Gasteiger partial charge >= 0.3 is 0 Å². The molecule has 22 heavy (non-hydrogen) atoms. The normalized spacial score (nSPS) is 13.3. The lowest BCUT2D eigenvalue weighted by atomic mass is 10.1. The third-order valence-electron chi connectivity index (χ3n) is 3.25. The van der Waals surface area contributed by atoms with E-state index in [0.29, 0.717) is 17.2 Å². The van der Waals surface area contributed by atoms with E-state index < -0.39 is 12.2 Å². The fourth-order valence-corrected chi connectivity index (χ4v) is 1.99. The third kappa shape index (κ3) is 3.40. The summed E-state index contributed by atoms with van der Waals surface area (Å²) >= 11 is 0. The van der Waals surface area contributed by atoms with Gasteiger partial charge in [0.2, 0.25) is 11.6 Å². The van der Waals surface area contributed by atoms with Gasteiger partial charge in [0.25, 0.3) is 0 Å². The van der Waals surface area contributed by atoms with Crippen LogP contribution in [-0.2, 0) is 0 Å². The first kappa shape index (κ1) is 15.9. The highest BCUT2D eigenvalue weighted by Gasteiger charge is 2.20. The zero-order valence-electron chi connectivity index (χ0n) is 12.7. The van der Waals surface area contributed by atoms with Crippen molar-refractivity contribution in [1.29, 1.82) is 0 Å². The third-order valence-corrected chi connectivity index (χ3v) is 3.25. The molecule has 0 unspecified atom stereocenters. The van der Waals surface area contributed by atoms with Crippen LogP contribution in [0.1, 0.15) is 18.6 Å². The molecule has 0 aliphatic heterocycles. The molecule has 0 bridgehead atoms. The quantitative estimate of drug-likeness (QED) is 0.852. The number of aromatic hydroxyl groups is 1. The van der Waals surface area contributed by atoms with Crippen LogP contribution in [0.3, 0.4) is 0 Å². The van der Waals surface area contributed by atoms with Crippen LogP contribution in [0.5, 0.6) is 23.1 Å². The van der Waals surface area contributed by atoms with E-state index >= 15 is 0 Å². The molecule has 1 aromatic carbocycles. The van der Waals surface area contributed by atoms with Gasteiger partial charge in [0, 0.05) is 17.8 Å². The summed E-state index contributed by atoms with van der Waals surface area (Å²) in [5.41, 5.74) is 0.593. The number of aromatic nitrogens is 1. The Kier molecular flexibility index (Phi) is 5.06. The van der Waals surface area contributed by atoms with Crippen LogP contribution >= 0.6 is 0 Å². The van der Waals surface area contributed by atoms with Crippen LogP contribution in [-0.4, -0.2) is 35.5 Å². The second-order valence-electron chi connectivity index (χ2n) is 4.71. The molecule has 0 saturated carbocycles. The van der Waals surface area contributed by atoms with Crippen molar-refractivity contribution < 1.29 is 24.4 Å². The van der Waals surface area contributed by atoms with Gasteiger partial charge in [-0.25, -0.2) is 4.98 Å². The van der Waals surface area contributed by atoms with Gasteiger partial charge in [-0.15, -0.1) is 0 Å². The van der Waals surface area contributed by atoms with E-state index in [4.69, 9.17) is 14.2 Å². The highest BCUT2D eigenvalue weighted by molar-refractivity contribution is 5.49. The van der Waals surface area contributed by atoms with Gasteiger partial charge in [-0.05, 0) is 25.1 Å². The Bertz CT molecular complexity index is 614. The van der Waals surface area contributed by atoms with Gasteiger partial charge in [0.1, 0.15) is 12.2 Å². The number of hydrogen-bond donors (Lipinski definition) is 2. The molecule has 0 radical (unpaired) electrons. The van der Waals surface area contributed by atoms with E-state index in [2.05, 4.69) is 4.98 Å². The second-order valence-corrected chi connectivity index (χ2v) is 4.71. The first-order chi connectivity index (χ1) is 10.6. The van der Waals surface area contributed by atoms with E-state index in [0.717, 1.165) is 0 Å². The van der Waals surface area contributed by atoms with Crippen LogP contribution in [0.4, 0.5) is 0 Å². The Morgan fingerprint density at radius 2 is 1.77 bits per heavy atom. The molecule has 6 heteroatoms. The minimum absolute atomic E-state index is 0.100. The van der Waals surface area contributed by atoms with Crippen LogP contribution in [0, 0.1) is 0 Å². The van der Waals surface area contributed by atoms with Crippen molar-refractivity contribution >= 4 is 0 Å². The second kappa shape index (κ2) is 7.00. The molecule has 1 heterocycles. The Morgan fingerprint density at radius 1 is 1.05 bits per heavy atom. The average Bonchev–Trinajstić information content (AvgIpc) is 2.56. The Morgan fingerprint density at radius 3 is 2.36 bits per heavy atom. The molecule has 2 rings (SSSR count). The van der Waals surface area contributed by atoms with Crippen molar-refractivity contribution in [2.45, 2.75) is 19.1 Å². The van der Waals surface area contributed by atoms with E-state index in [1.807, 2.05) is 0 Å². The predicted molar refractivity (Wildman–Crippen MR) is 80.5 cm³/mol. The first-order valence-corrected chi connectivity index (χ1v) is 6.77. The maximum atomic E-state index is 10.3. The summed E-state index contributed by atoms with van der Waals surface area (Å²) in [6.07, 6.45) is 0.0339. The summed E-state index contributed by atoms with van der Waals surface area (Å²) in [5, 5.41) is 20.3. The van der Waals surface area contributed by atoms with Gasteiger partial charge in [-0.3, -0.25) is 0 Å². The topological polar surface area (TPSA) is 81.0 Å². The number of methoxy groups -OCH3 is 2. The van der Waals surface area contributed by atoms with Crippen LogP contribution in [0.15, 0.2) is 36.5 Å². The molecule has 0 amide bonds. The minimum atomic E-state index is -0.899. The minimum Gasteiger partial charge on any atom is -0.502 e. The van der Waals surface area contributed by atoms with Gasteiger partial charge in [0.05, 0.1) is 14.2 Å². The van der Waals surface area contributed by atoms with E-state index in [-0.39, 0.29) is 11.5 Å². The smallest absolute Gasteiger partial charge is 0.212 e. The summed E-state index contributed by atoms with van der Waals surface area (Å²) in [4.78, 5) is 4.05. The highest BCUT2D eigenvalue weighted by Crippen LogP contribution is 2.37. The fraction of sp³-hybridized carbons (Fsp3) is 0.312. The largest absolute Gasteiger partial charge is 0.502 e. The van der Waals surface area contributed by atoms with E-state index in [9.17, 15) is 10.2 Å². The van der Waals surface area contributed by atoms with E-state index in [1.54, 1.807) is 37.3 Å². The molecule has 118 valence electrons. The van der Waals surface area contributed by atoms with Crippen molar-refractivity contribution in [3.05, 3.63) is 42.1 Å². The molecule has 0 aliphatic rings. The monoisotopic (exact) mass is 305 g/mol. The number of phenols is 1. The zero-order valence-corrected chi connectivity index (χ0v) is 12.7. The number of ether oxygens (including phenoxy) is 3. The Balaban J connectivity index is 2.12. The molecule has 2 aromatic rings. The lowest BCUT2D eigenvalue weighted by Crippen LogP contribution is -2.22. The lowest BCUT2D eigenvalue weighted by Gasteiger charge is -2.21. The zero-order chi connectivity index (χ0) is 16.1. The Hall–Kier alpha value is -2.47. The summed E-state index contributed by atoms with van der Waals surface area (Å²) in [5.74, 6) is 0.921. The molecule has 0 spiro atoms. The first-order valence-electron chi connectivity index (χ1n) is 6.77. The fourth-order valence-electron chi connectivity index (χ4n) is 1.99. The van der Waals surface area contributed by atoms with Gasteiger partial charge in [-0.1, -0.05) is 6.07 Å². The average molecular weight is 305 g/mol. The summed E-state index contributed by atoms with van der Waals surface area (Å²) < 4.78 is 15.6. The molecule has 0 aliphatic carbocycles. The number of para-hydroxylation sites is 1. The molecular weight excluding hydrogens is 286 g/mol. The van der Waals surface area contributed by atoms with Crippen molar-refractivity contribution in [2.24, 2.45) is 0 Å². The van der Waals surface area contributed by atoms with Gasteiger partial charge in [0.15, 0.2) is 11.5 Å². The maximum absolute atomic E-state index is 10.3. The number of aliphatic hydroxyl groups excluding tert-OH is 1. The number of nitrogens with zero attached hydrogens (tertiary/aromatic N) is 1. The summed E-state index contributed by atoms with van der Waals surface area (Å²) in [6, 6.07) is 8.29. The van der Waals surface area contributed by atoms with Crippen molar-refractivity contribution in [3.8, 4) is 23.1 Å². The number of rotatable bonds is 6. The number of benzene rings is 1. The molecular formula is C16H19NO5. The number of hydrogen-bond acceptors (Lipinski definition) is 6. The molecule has 1 aromatic heterocycles. The predicted octanol–water partition coefficient (Wildman–Crippen LogP) is 2.31. The number of phenolic OH excluding ortho intramolecular Hbond substituents is 1. The van der Waals surface area contributed by atoms with Crippen LogP contribution < -0.4 is 14.2 Å². The van der Waals surface area contributed by atoms with Crippen molar-refractivity contribution in [2.75, 3.05) is 14.2 Å². The summed E-state index contributed by atoms with van der Waals surface area (Å²) in [6.45, 7) is 1.70. The number of pyridine rings is 1. The summed E-state index contributed by atoms with van der Waals surface area (Å²) in [7, 11) is 2.98. The molecule has 0 fully saturated rings. The van der Waals surface area contributed by atoms with Crippen molar-refractivity contribution in [1.82, 2.24) is 4.98 Å². The molecule has 2 N–H and O–H groups in total. The SMILES string of the molecule is COc1ccc([C@H](O)[C@H](C)Oc2cccc(OC)c2O)cn1. The van der Waals surface area contributed by atoms with Gasteiger partial charge in [-0.2, -0.15) is 0 Å². The standard InChI is InChI=1S/C16H19NO5/c1-10(15(18)11-7-8-14(21-3)17-9-11)22-13-6-4-5-12(20-2)16(13)19/h4-10,15,18-19H,1-3H3/t10-,15+/m0/s1. The van der Waals surface area contributed by atoms with Crippen LogP contribution in [0.25, 0.3) is 0 Å². The lowest BCUT2D eigenvalue weighted by molar-refractivity contribution is 0.0447. The Labute approximate surface area is 128 Å².